The molecular weight excluding hydrogens is 716 g/mol. The molecule has 245 valence electrons. The van der Waals surface area contributed by atoms with Crippen LogP contribution in [0.15, 0.2) is 133 Å². The predicted molar refractivity (Wildman–Crippen MR) is 188 cm³/mol. The standard InChI is InChI=1S/C28H28O2P2.C8H12.BF4.Rh/c1-29-25-17-9-11-19-27(25)31(23-13-5-3-6-14-23)21-22-32(24-15-7-4-8-16-24)28-20-12-10-18-26(28)30-2;1-2-4-6-8-7-5-3-1;2-1(3,4)5;/h3-20H,21-22H2,1-2H3;1-2,7-8H,3-6H2;;/q;;-1;+2/b;2-1-,8-7-;;/t31-,32-;;;/m0.../s1. The Bertz CT molecular complexity index is 1330. The van der Waals surface area contributed by atoms with Crippen LogP contribution in [-0.2, 0) is 19.5 Å². The number of rotatable bonds is 9. The summed E-state index contributed by atoms with van der Waals surface area (Å²) >= 11 is 0. The Hall–Kier alpha value is -2.77. The second-order valence-corrected chi connectivity index (χ2v) is 14.5. The summed E-state index contributed by atoms with van der Waals surface area (Å²) in [5.41, 5.74) is 0. The van der Waals surface area contributed by atoms with Gasteiger partial charge in [-0.2, -0.15) is 0 Å². The molecule has 2 nitrogen and oxygen atoms in total. The summed E-state index contributed by atoms with van der Waals surface area (Å²) in [4.78, 5) is 0. The fraction of sp³-hybridized carbons (Fsp3) is 0.222. The van der Waals surface area contributed by atoms with E-state index in [1.54, 1.807) is 14.2 Å². The van der Waals surface area contributed by atoms with Crippen LogP contribution in [0.2, 0.25) is 0 Å². The summed E-state index contributed by atoms with van der Waals surface area (Å²) in [5.74, 6) is 1.95. The molecule has 0 fully saturated rings. The maximum absolute atomic E-state index is 9.75. The van der Waals surface area contributed by atoms with Crippen molar-refractivity contribution in [3.8, 4) is 11.5 Å². The summed E-state index contributed by atoms with van der Waals surface area (Å²) in [6.45, 7) is 0. The third-order valence-electron chi connectivity index (χ3n) is 6.77. The summed E-state index contributed by atoms with van der Waals surface area (Å²) in [5, 5.41) is 5.38. The molecule has 1 radical (unpaired) electrons. The van der Waals surface area contributed by atoms with Crippen LogP contribution in [0.4, 0.5) is 17.3 Å². The van der Waals surface area contributed by atoms with Gasteiger partial charge < -0.3 is 26.7 Å². The molecule has 4 aromatic rings. The van der Waals surface area contributed by atoms with Gasteiger partial charge in [0.05, 0.1) is 14.2 Å². The van der Waals surface area contributed by atoms with E-state index >= 15 is 0 Å². The summed E-state index contributed by atoms with van der Waals surface area (Å²) < 4.78 is 50.5. The van der Waals surface area contributed by atoms with Crippen molar-refractivity contribution >= 4 is 44.3 Å². The van der Waals surface area contributed by atoms with E-state index in [0.717, 1.165) is 23.8 Å². The average molecular weight is 756 g/mol. The van der Waals surface area contributed by atoms with E-state index in [1.165, 1.54) is 46.9 Å². The summed E-state index contributed by atoms with van der Waals surface area (Å²) in [6.07, 6.45) is 16.2. The zero-order valence-corrected chi connectivity index (χ0v) is 29.5. The first-order valence-corrected chi connectivity index (χ1v) is 18.0. The maximum Gasteiger partial charge on any atom is 2.00 e. The van der Waals surface area contributed by atoms with Gasteiger partial charge in [-0.15, -0.1) is 0 Å². The van der Waals surface area contributed by atoms with Crippen LogP contribution in [0, 0.1) is 0 Å². The smallest absolute Gasteiger partial charge is 0.496 e. The van der Waals surface area contributed by atoms with Crippen molar-refractivity contribution in [2.45, 2.75) is 25.7 Å². The maximum atomic E-state index is 9.75. The van der Waals surface area contributed by atoms with Crippen molar-refractivity contribution in [2.24, 2.45) is 0 Å². The van der Waals surface area contributed by atoms with Gasteiger partial charge in [-0.25, -0.2) is 0 Å². The van der Waals surface area contributed by atoms with Crippen LogP contribution in [0.5, 0.6) is 11.5 Å². The Balaban J connectivity index is 0.000000440. The van der Waals surface area contributed by atoms with Gasteiger partial charge in [0.2, 0.25) is 0 Å². The van der Waals surface area contributed by atoms with Crippen molar-refractivity contribution in [2.75, 3.05) is 26.5 Å². The molecule has 1 aliphatic carbocycles. The molecule has 0 aliphatic heterocycles. The SMILES string of the molecule is C1=C\CC/C=C\CC/1.COc1ccccc1[P@@](CC[P@@](c1ccccc1)c1ccccc1OC)c1ccccc1.F[B-](F)(F)F.[Rh+2]. The molecule has 0 unspecified atom stereocenters. The number of methoxy groups -OCH3 is 2. The normalized spacial score (nSPS) is 15.0. The first kappa shape index (κ1) is 39.4. The van der Waals surface area contributed by atoms with E-state index in [0.29, 0.717) is 0 Å². The number of ether oxygens (including phenoxy) is 2. The summed E-state index contributed by atoms with van der Waals surface area (Å²) in [6, 6.07) is 38.7. The van der Waals surface area contributed by atoms with Crippen molar-refractivity contribution in [1.82, 2.24) is 0 Å². The minimum atomic E-state index is -6.00. The van der Waals surface area contributed by atoms with Crippen molar-refractivity contribution < 1.29 is 46.2 Å². The molecular formula is C36H40BF4O2P2Rh+. The average Bonchev–Trinajstić information content (AvgIpc) is 3.03. The molecule has 5 rings (SSSR count). The molecule has 2 atom stereocenters. The monoisotopic (exact) mass is 756 g/mol. The van der Waals surface area contributed by atoms with E-state index in [4.69, 9.17) is 9.47 Å². The minimum absolute atomic E-state index is 0. The third-order valence-corrected chi connectivity index (χ3v) is 12.2. The number of hydrogen-bond acceptors (Lipinski definition) is 2. The first-order valence-electron chi connectivity index (χ1n) is 14.9. The van der Waals surface area contributed by atoms with Crippen LogP contribution in [0.3, 0.4) is 0 Å². The van der Waals surface area contributed by atoms with Crippen molar-refractivity contribution in [3.63, 3.8) is 0 Å². The molecule has 0 N–H and O–H groups in total. The quantitative estimate of drug-likeness (QED) is 0.0735. The molecule has 46 heavy (non-hydrogen) atoms. The van der Waals surface area contributed by atoms with Crippen LogP contribution in [0.1, 0.15) is 25.7 Å². The molecule has 0 spiro atoms. The molecule has 0 heterocycles. The van der Waals surface area contributed by atoms with E-state index in [9.17, 15) is 17.3 Å². The van der Waals surface area contributed by atoms with Gasteiger partial charge in [-0.3, -0.25) is 0 Å². The van der Waals surface area contributed by atoms with Gasteiger partial charge >= 0.3 is 26.7 Å². The predicted octanol–water partition coefficient (Wildman–Crippen LogP) is 9.24. The Morgan fingerprint density at radius 2 is 0.783 bits per heavy atom. The summed E-state index contributed by atoms with van der Waals surface area (Å²) in [7, 11) is -3.57. The Morgan fingerprint density at radius 3 is 1.09 bits per heavy atom. The second kappa shape index (κ2) is 21.9. The number of halogens is 4. The van der Waals surface area contributed by atoms with Gasteiger partial charge in [-0.05, 0) is 76.6 Å². The molecule has 4 aromatic carbocycles. The Morgan fingerprint density at radius 1 is 0.500 bits per heavy atom. The van der Waals surface area contributed by atoms with Gasteiger partial charge in [-0.1, -0.05) is 121 Å². The molecule has 10 heteroatoms. The van der Waals surface area contributed by atoms with E-state index in [2.05, 4.69) is 121 Å². The zero-order valence-electron chi connectivity index (χ0n) is 26.1. The molecule has 1 aliphatic rings. The van der Waals surface area contributed by atoms with Gasteiger partial charge in [0.1, 0.15) is 11.5 Å². The fourth-order valence-corrected chi connectivity index (χ4v) is 10.4. The van der Waals surface area contributed by atoms with E-state index in [-0.39, 0.29) is 19.5 Å². The van der Waals surface area contributed by atoms with Crippen molar-refractivity contribution in [1.29, 1.82) is 0 Å². The topological polar surface area (TPSA) is 18.5 Å². The van der Waals surface area contributed by atoms with Gasteiger partial charge in [0, 0.05) is 10.6 Å². The second-order valence-electron chi connectivity index (χ2n) is 9.91. The molecule has 0 saturated carbocycles. The van der Waals surface area contributed by atoms with Crippen LogP contribution >= 0.6 is 15.8 Å². The number of allylic oxidation sites excluding steroid dienone is 4. The van der Waals surface area contributed by atoms with Crippen LogP contribution in [-0.4, -0.2) is 33.8 Å². The Labute approximate surface area is 286 Å². The number of benzene rings is 4. The number of para-hydroxylation sites is 2. The number of hydrogen-bond donors (Lipinski definition) is 0. The molecule has 0 saturated heterocycles. The fourth-order valence-electron chi connectivity index (χ4n) is 4.75. The minimum Gasteiger partial charge on any atom is -0.496 e. The Kier molecular flexibility index (Phi) is 18.8. The van der Waals surface area contributed by atoms with Crippen LogP contribution < -0.4 is 30.7 Å². The van der Waals surface area contributed by atoms with E-state index in [1.807, 2.05) is 12.1 Å². The third kappa shape index (κ3) is 14.3. The first-order chi connectivity index (χ1) is 21.8. The largest absolute Gasteiger partial charge is 2.00 e. The molecule has 0 amide bonds. The molecule has 0 bridgehead atoms. The molecule has 0 aromatic heterocycles. The van der Waals surface area contributed by atoms with Gasteiger partial charge in [0.15, 0.2) is 0 Å². The van der Waals surface area contributed by atoms with Crippen LogP contribution in [0.25, 0.3) is 0 Å². The van der Waals surface area contributed by atoms with E-state index < -0.39 is 23.1 Å². The zero-order chi connectivity index (χ0) is 32.3. The van der Waals surface area contributed by atoms with Crippen molar-refractivity contribution in [3.05, 3.63) is 133 Å². The van der Waals surface area contributed by atoms with Gasteiger partial charge in [0.25, 0.3) is 0 Å².